The van der Waals surface area contributed by atoms with E-state index in [1.165, 1.54) is 0 Å². The molecule has 0 heterocycles. The van der Waals surface area contributed by atoms with Crippen molar-refractivity contribution in [2.24, 2.45) is 5.92 Å². The maximum absolute atomic E-state index is 13.3. The smallest absolute Gasteiger partial charge is 0.421 e. The zero-order valence-electron chi connectivity index (χ0n) is 12.8. The summed E-state index contributed by atoms with van der Waals surface area (Å²) in [6, 6.07) is 0. The molecule has 140 valence electrons. The summed E-state index contributed by atoms with van der Waals surface area (Å²) in [4.78, 5) is 34.3. The number of hydrogen-bond donors (Lipinski definition) is 1. The maximum atomic E-state index is 13.3. The Hall–Kier alpha value is -2.01. The molecular weight excluding hydrogens is 352 g/mol. The normalized spacial score (nSPS) is 13.9. The fourth-order valence-corrected chi connectivity index (χ4v) is 1.90. The standard InChI is InChI=1S/C12H15F6NO5/c1-4-23-8(21)7(6(3)20)10(11(13,14)15,12(16,17)18)19-9(22)24-5-2/h7H,4-5H2,1-3H3,(H,19,22). The molecule has 0 radical (unpaired) electrons. The molecule has 0 aliphatic heterocycles. The second-order valence-electron chi connectivity index (χ2n) is 4.44. The van der Waals surface area contributed by atoms with E-state index in [0.717, 1.165) is 13.8 Å². The number of ketones is 1. The Labute approximate surface area is 132 Å². The van der Waals surface area contributed by atoms with Crippen LogP contribution in [0.4, 0.5) is 31.1 Å². The van der Waals surface area contributed by atoms with Crippen LogP contribution in [0.2, 0.25) is 0 Å². The number of carbonyl (C=O) groups excluding carboxylic acids is 3. The van der Waals surface area contributed by atoms with Crippen molar-refractivity contribution in [3.05, 3.63) is 0 Å². The zero-order chi connectivity index (χ0) is 19.3. The fraction of sp³-hybridized carbons (Fsp3) is 0.750. The van der Waals surface area contributed by atoms with Gasteiger partial charge in [0.25, 0.3) is 5.54 Å². The van der Waals surface area contributed by atoms with Crippen molar-refractivity contribution in [2.45, 2.75) is 38.7 Å². The van der Waals surface area contributed by atoms with Crippen LogP contribution in [0.25, 0.3) is 0 Å². The average molecular weight is 367 g/mol. The minimum Gasteiger partial charge on any atom is -0.465 e. The molecule has 0 saturated carbocycles. The first-order valence-electron chi connectivity index (χ1n) is 6.51. The van der Waals surface area contributed by atoms with Gasteiger partial charge in [0.15, 0.2) is 5.92 Å². The van der Waals surface area contributed by atoms with Crippen molar-refractivity contribution >= 4 is 17.8 Å². The number of esters is 1. The van der Waals surface area contributed by atoms with Crippen molar-refractivity contribution in [3.8, 4) is 0 Å². The third-order valence-electron chi connectivity index (χ3n) is 2.83. The average Bonchev–Trinajstić information content (AvgIpc) is 2.35. The monoisotopic (exact) mass is 367 g/mol. The first kappa shape index (κ1) is 22.0. The number of amides is 1. The third kappa shape index (κ3) is 4.29. The number of alkyl carbamates (subject to hydrolysis) is 1. The minimum atomic E-state index is -6.25. The number of nitrogens with one attached hydrogen (secondary N) is 1. The molecule has 6 nitrogen and oxygen atoms in total. The van der Waals surface area contributed by atoms with Crippen LogP contribution >= 0.6 is 0 Å². The highest BCUT2D eigenvalue weighted by molar-refractivity contribution is 6.00. The third-order valence-corrected chi connectivity index (χ3v) is 2.83. The van der Waals surface area contributed by atoms with E-state index in [-0.39, 0.29) is 0 Å². The van der Waals surface area contributed by atoms with Crippen LogP contribution in [0.15, 0.2) is 0 Å². The highest BCUT2D eigenvalue weighted by Crippen LogP contribution is 2.48. The molecule has 1 atom stereocenters. The van der Waals surface area contributed by atoms with Crippen molar-refractivity contribution < 1.29 is 50.2 Å². The van der Waals surface area contributed by atoms with Gasteiger partial charge in [-0.3, -0.25) is 14.9 Å². The largest absolute Gasteiger partial charge is 0.465 e. The Morgan fingerprint density at radius 3 is 1.62 bits per heavy atom. The Kier molecular flexibility index (Phi) is 7.06. The summed E-state index contributed by atoms with van der Waals surface area (Å²) >= 11 is 0. The Morgan fingerprint density at radius 1 is 0.917 bits per heavy atom. The Morgan fingerprint density at radius 2 is 1.33 bits per heavy atom. The molecule has 0 fully saturated rings. The number of Topliss-reactive ketones (excluding diaryl/α,β-unsaturated/α-hetero) is 1. The number of carbonyl (C=O) groups is 3. The predicted molar refractivity (Wildman–Crippen MR) is 65.8 cm³/mol. The molecule has 0 bridgehead atoms. The van der Waals surface area contributed by atoms with Gasteiger partial charge in [-0.05, 0) is 20.8 Å². The summed E-state index contributed by atoms with van der Waals surface area (Å²) < 4.78 is 88.2. The van der Waals surface area contributed by atoms with E-state index in [2.05, 4.69) is 9.47 Å². The van der Waals surface area contributed by atoms with Crippen LogP contribution in [0.1, 0.15) is 20.8 Å². The molecule has 0 rings (SSSR count). The summed E-state index contributed by atoms with van der Waals surface area (Å²) in [6.45, 7) is 1.49. The molecule has 0 spiro atoms. The highest BCUT2D eigenvalue weighted by Gasteiger charge is 2.78. The van der Waals surface area contributed by atoms with Gasteiger partial charge in [0.1, 0.15) is 5.78 Å². The number of hydrogen-bond acceptors (Lipinski definition) is 5. The SMILES string of the molecule is CCOC(=O)NC(C(C(C)=O)C(=O)OCC)(C(F)(F)F)C(F)(F)F. The van der Waals surface area contributed by atoms with Gasteiger partial charge in [-0.15, -0.1) is 0 Å². The van der Waals surface area contributed by atoms with Gasteiger partial charge >= 0.3 is 24.4 Å². The lowest BCUT2D eigenvalue weighted by molar-refractivity contribution is -0.316. The van der Waals surface area contributed by atoms with Crippen LogP contribution in [0.3, 0.4) is 0 Å². The molecule has 0 aromatic heterocycles. The number of alkyl halides is 6. The van der Waals surface area contributed by atoms with Crippen molar-refractivity contribution in [1.82, 2.24) is 5.32 Å². The van der Waals surface area contributed by atoms with E-state index in [0.29, 0.717) is 12.2 Å². The lowest BCUT2D eigenvalue weighted by Gasteiger charge is -2.40. The Bertz CT molecular complexity index is 473. The molecule has 1 unspecified atom stereocenters. The van der Waals surface area contributed by atoms with E-state index in [9.17, 15) is 40.7 Å². The molecule has 0 aromatic rings. The summed E-state index contributed by atoms with van der Waals surface area (Å²) in [6.07, 6.45) is -14.6. The second-order valence-corrected chi connectivity index (χ2v) is 4.44. The van der Waals surface area contributed by atoms with Gasteiger partial charge in [-0.2, -0.15) is 26.3 Å². The van der Waals surface area contributed by atoms with E-state index in [1.54, 1.807) is 0 Å². The van der Waals surface area contributed by atoms with Gasteiger partial charge < -0.3 is 9.47 Å². The van der Waals surface area contributed by atoms with Crippen LogP contribution in [-0.2, 0) is 19.1 Å². The summed E-state index contributed by atoms with van der Waals surface area (Å²) in [5.74, 6) is -7.25. The first-order chi connectivity index (χ1) is 10.8. The maximum Gasteiger partial charge on any atom is 0.421 e. The molecule has 0 aliphatic carbocycles. The zero-order valence-corrected chi connectivity index (χ0v) is 12.8. The number of halogens is 6. The summed E-state index contributed by atoms with van der Waals surface area (Å²) in [7, 11) is 0. The lowest BCUT2D eigenvalue weighted by atomic mass is 9.79. The lowest BCUT2D eigenvalue weighted by Crippen LogP contribution is -2.74. The van der Waals surface area contributed by atoms with Gasteiger partial charge in [-0.1, -0.05) is 0 Å². The Balaban J connectivity index is 6.48. The molecular formula is C12H15F6NO5. The molecule has 12 heteroatoms. The van der Waals surface area contributed by atoms with Crippen molar-refractivity contribution in [1.29, 1.82) is 0 Å². The first-order valence-corrected chi connectivity index (χ1v) is 6.51. The van der Waals surface area contributed by atoms with Crippen LogP contribution in [-0.4, -0.2) is 49.0 Å². The van der Waals surface area contributed by atoms with E-state index in [1.807, 2.05) is 0 Å². The van der Waals surface area contributed by atoms with Gasteiger partial charge in [0, 0.05) is 0 Å². The summed E-state index contributed by atoms with van der Waals surface area (Å²) in [5.41, 5.74) is -5.19. The van der Waals surface area contributed by atoms with Crippen LogP contribution < -0.4 is 5.32 Å². The molecule has 1 N–H and O–H groups in total. The quantitative estimate of drug-likeness (QED) is 0.443. The predicted octanol–water partition coefficient (Wildman–Crippen LogP) is 2.36. The van der Waals surface area contributed by atoms with E-state index >= 15 is 0 Å². The minimum absolute atomic E-state index is 0.348. The second kappa shape index (κ2) is 7.71. The van der Waals surface area contributed by atoms with Crippen LogP contribution in [0.5, 0.6) is 0 Å². The van der Waals surface area contributed by atoms with E-state index in [4.69, 9.17) is 0 Å². The number of ether oxygens (including phenoxy) is 2. The molecule has 1 amide bonds. The topological polar surface area (TPSA) is 81.7 Å². The van der Waals surface area contributed by atoms with Gasteiger partial charge in [-0.25, -0.2) is 4.79 Å². The highest BCUT2D eigenvalue weighted by atomic mass is 19.4. The molecule has 0 aromatic carbocycles. The molecule has 0 saturated heterocycles. The van der Waals surface area contributed by atoms with Crippen LogP contribution in [0, 0.1) is 5.92 Å². The van der Waals surface area contributed by atoms with Crippen molar-refractivity contribution in [2.75, 3.05) is 13.2 Å². The van der Waals surface area contributed by atoms with E-state index < -0.39 is 54.9 Å². The van der Waals surface area contributed by atoms with Gasteiger partial charge in [0.05, 0.1) is 13.2 Å². The molecule has 0 aliphatic rings. The van der Waals surface area contributed by atoms with Crippen molar-refractivity contribution in [3.63, 3.8) is 0 Å². The fourth-order valence-electron chi connectivity index (χ4n) is 1.90. The summed E-state index contributed by atoms with van der Waals surface area (Å²) in [5, 5.41) is 0.599. The number of rotatable bonds is 6. The van der Waals surface area contributed by atoms with Gasteiger partial charge in [0.2, 0.25) is 0 Å². The molecule has 24 heavy (non-hydrogen) atoms.